The van der Waals surface area contributed by atoms with Crippen LogP contribution in [0.5, 0.6) is 0 Å². The van der Waals surface area contributed by atoms with Crippen LogP contribution in [-0.2, 0) is 0 Å². The molecular weight excluding hydrogens is 200 g/mol. The van der Waals surface area contributed by atoms with E-state index in [0.29, 0.717) is 12.5 Å². The zero-order valence-electron chi connectivity index (χ0n) is 9.76. The second-order valence-corrected chi connectivity index (χ2v) is 5.07. The van der Waals surface area contributed by atoms with Crippen molar-refractivity contribution in [3.63, 3.8) is 0 Å². The number of aromatic nitrogens is 1. The van der Waals surface area contributed by atoms with Gasteiger partial charge >= 0.3 is 0 Å². The van der Waals surface area contributed by atoms with Gasteiger partial charge in [0.1, 0.15) is 6.10 Å². The number of nitrogens with zero attached hydrogens (tertiary/aromatic N) is 1. The number of rotatable bonds is 3. The Morgan fingerprint density at radius 2 is 2.44 bits per heavy atom. The first-order valence-corrected chi connectivity index (χ1v) is 5.97. The van der Waals surface area contributed by atoms with Gasteiger partial charge in [0.2, 0.25) is 0 Å². The van der Waals surface area contributed by atoms with Crippen molar-refractivity contribution in [2.24, 2.45) is 17.1 Å². The van der Waals surface area contributed by atoms with Crippen molar-refractivity contribution in [3.05, 3.63) is 30.1 Å². The minimum atomic E-state index is -0.524. The molecule has 3 atom stereocenters. The molecule has 1 aromatic rings. The van der Waals surface area contributed by atoms with Gasteiger partial charge in [-0.1, -0.05) is 19.4 Å². The van der Waals surface area contributed by atoms with Gasteiger partial charge in [-0.15, -0.1) is 0 Å². The quantitative estimate of drug-likeness (QED) is 0.817. The average Bonchev–Trinajstić information content (AvgIpc) is 2.72. The van der Waals surface area contributed by atoms with E-state index in [2.05, 4.69) is 11.9 Å². The van der Waals surface area contributed by atoms with Crippen LogP contribution in [-0.4, -0.2) is 16.6 Å². The average molecular weight is 220 g/mol. The second-order valence-electron chi connectivity index (χ2n) is 5.07. The molecule has 0 aliphatic heterocycles. The highest BCUT2D eigenvalue weighted by atomic mass is 16.3. The molecule has 1 aromatic heterocycles. The molecule has 88 valence electrons. The van der Waals surface area contributed by atoms with Crippen molar-refractivity contribution >= 4 is 0 Å². The summed E-state index contributed by atoms with van der Waals surface area (Å²) in [6, 6.07) is 5.65. The standard InChI is InChI=1S/C13H20N2O/c1-10-5-6-13(8-10,9-14)12(16)11-4-2-3-7-15-11/h2-4,7,10,12,16H,5-6,8-9,14H2,1H3. The predicted molar refractivity (Wildman–Crippen MR) is 63.7 cm³/mol. The maximum atomic E-state index is 10.4. The Hall–Kier alpha value is -0.930. The van der Waals surface area contributed by atoms with Crippen LogP contribution >= 0.6 is 0 Å². The molecule has 3 nitrogen and oxygen atoms in total. The highest BCUT2D eigenvalue weighted by Crippen LogP contribution is 2.48. The summed E-state index contributed by atoms with van der Waals surface area (Å²) >= 11 is 0. The van der Waals surface area contributed by atoms with Gasteiger partial charge in [-0.2, -0.15) is 0 Å². The molecule has 0 amide bonds. The normalized spacial score (nSPS) is 31.6. The maximum absolute atomic E-state index is 10.4. The monoisotopic (exact) mass is 220 g/mol. The molecule has 1 saturated carbocycles. The highest BCUT2D eigenvalue weighted by Gasteiger charge is 2.43. The van der Waals surface area contributed by atoms with E-state index >= 15 is 0 Å². The van der Waals surface area contributed by atoms with Crippen molar-refractivity contribution in [1.82, 2.24) is 4.98 Å². The summed E-state index contributed by atoms with van der Waals surface area (Å²) in [5.74, 6) is 0.655. The minimum absolute atomic E-state index is 0.159. The third kappa shape index (κ3) is 1.97. The van der Waals surface area contributed by atoms with E-state index in [1.165, 1.54) is 0 Å². The molecule has 1 fully saturated rings. The lowest BCUT2D eigenvalue weighted by atomic mass is 9.78. The van der Waals surface area contributed by atoms with Gasteiger partial charge in [0.15, 0.2) is 0 Å². The van der Waals surface area contributed by atoms with E-state index in [9.17, 15) is 5.11 Å². The van der Waals surface area contributed by atoms with E-state index in [1.807, 2.05) is 18.2 Å². The van der Waals surface area contributed by atoms with Crippen LogP contribution in [0.1, 0.15) is 38.0 Å². The van der Waals surface area contributed by atoms with Gasteiger partial charge in [0, 0.05) is 18.2 Å². The Balaban J connectivity index is 2.22. The molecule has 1 heterocycles. The fraction of sp³-hybridized carbons (Fsp3) is 0.615. The first-order chi connectivity index (χ1) is 7.68. The summed E-state index contributed by atoms with van der Waals surface area (Å²) in [7, 11) is 0. The summed E-state index contributed by atoms with van der Waals surface area (Å²) < 4.78 is 0. The molecule has 0 aromatic carbocycles. The van der Waals surface area contributed by atoms with Crippen LogP contribution in [0.2, 0.25) is 0 Å². The molecular formula is C13H20N2O. The first kappa shape index (κ1) is 11.6. The third-order valence-corrected chi connectivity index (χ3v) is 3.84. The summed E-state index contributed by atoms with van der Waals surface area (Å²) in [4.78, 5) is 4.24. The minimum Gasteiger partial charge on any atom is -0.386 e. The Bertz CT molecular complexity index is 341. The largest absolute Gasteiger partial charge is 0.386 e. The van der Waals surface area contributed by atoms with Crippen molar-refractivity contribution in [3.8, 4) is 0 Å². The van der Waals surface area contributed by atoms with Gasteiger partial charge in [-0.3, -0.25) is 4.98 Å². The van der Waals surface area contributed by atoms with Gasteiger partial charge in [0.05, 0.1) is 5.69 Å². The van der Waals surface area contributed by atoms with Crippen LogP contribution < -0.4 is 5.73 Å². The topological polar surface area (TPSA) is 59.1 Å². The SMILES string of the molecule is CC1CCC(CN)(C(O)c2ccccn2)C1. The van der Waals surface area contributed by atoms with Gasteiger partial charge in [-0.05, 0) is 30.9 Å². The summed E-state index contributed by atoms with van der Waals surface area (Å²) in [5.41, 5.74) is 6.47. The Kier molecular flexibility index (Phi) is 3.26. The Morgan fingerprint density at radius 1 is 1.62 bits per heavy atom. The smallest absolute Gasteiger partial charge is 0.103 e. The molecule has 1 aliphatic rings. The van der Waals surface area contributed by atoms with Crippen LogP contribution in [0, 0.1) is 11.3 Å². The van der Waals surface area contributed by atoms with Crippen LogP contribution in [0.3, 0.4) is 0 Å². The molecule has 0 spiro atoms. The summed E-state index contributed by atoms with van der Waals surface area (Å²) in [5, 5.41) is 10.4. The Labute approximate surface area is 96.7 Å². The molecule has 0 radical (unpaired) electrons. The Morgan fingerprint density at radius 3 is 2.94 bits per heavy atom. The maximum Gasteiger partial charge on any atom is 0.103 e. The number of hydrogen-bond acceptors (Lipinski definition) is 3. The number of aliphatic hydroxyl groups is 1. The predicted octanol–water partition coefficient (Wildman–Crippen LogP) is 1.88. The summed E-state index contributed by atoms with van der Waals surface area (Å²) in [6.45, 7) is 2.76. The van der Waals surface area contributed by atoms with Crippen LogP contribution in [0.15, 0.2) is 24.4 Å². The van der Waals surface area contributed by atoms with Crippen molar-refractivity contribution in [2.75, 3.05) is 6.54 Å². The number of hydrogen-bond donors (Lipinski definition) is 2. The van der Waals surface area contributed by atoms with Gasteiger partial charge in [-0.25, -0.2) is 0 Å². The first-order valence-electron chi connectivity index (χ1n) is 5.97. The zero-order chi connectivity index (χ0) is 11.6. The lowest BCUT2D eigenvalue weighted by Gasteiger charge is -2.32. The third-order valence-electron chi connectivity index (χ3n) is 3.84. The van der Waals surface area contributed by atoms with E-state index in [1.54, 1.807) is 6.20 Å². The molecule has 0 bridgehead atoms. The van der Waals surface area contributed by atoms with Crippen molar-refractivity contribution in [2.45, 2.75) is 32.3 Å². The molecule has 0 saturated heterocycles. The molecule has 3 heteroatoms. The number of nitrogens with two attached hydrogens (primary N) is 1. The molecule has 3 N–H and O–H groups in total. The fourth-order valence-electron chi connectivity index (χ4n) is 2.83. The lowest BCUT2D eigenvalue weighted by molar-refractivity contribution is 0.0275. The molecule has 3 unspecified atom stereocenters. The molecule has 16 heavy (non-hydrogen) atoms. The second kappa shape index (κ2) is 4.52. The van der Waals surface area contributed by atoms with E-state index in [-0.39, 0.29) is 5.41 Å². The van der Waals surface area contributed by atoms with E-state index in [0.717, 1.165) is 25.0 Å². The number of pyridine rings is 1. The van der Waals surface area contributed by atoms with Crippen LogP contribution in [0.4, 0.5) is 0 Å². The lowest BCUT2D eigenvalue weighted by Crippen LogP contribution is -2.35. The number of aliphatic hydroxyl groups excluding tert-OH is 1. The van der Waals surface area contributed by atoms with Gasteiger partial charge in [0.25, 0.3) is 0 Å². The van der Waals surface area contributed by atoms with Crippen LogP contribution in [0.25, 0.3) is 0 Å². The fourth-order valence-corrected chi connectivity index (χ4v) is 2.83. The van der Waals surface area contributed by atoms with Gasteiger partial charge < -0.3 is 10.8 Å². The van der Waals surface area contributed by atoms with Crippen molar-refractivity contribution in [1.29, 1.82) is 0 Å². The molecule has 1 aliphatic carbocycles. The van der Waals surface area contributed by atoms with E-state index < -0.39 is 6.10 Å². The summed E-state index contributed by atoms with van der Waals surface area (Å²) in [6.07, 6.45) is 4.36. The van der Waals surface area contributed by atoms with Crippen molar-refractivity contribution < 1.29 is 5.11 Å². The zero-order valence-corrected chi connectivity index (χ0v) is 9.76. The molecule has 2 rings (SSSR count). The highest BCUT2D eigenvalue weighted by molar-refractivity contribution is 5.12. The van der Waals surface area contributed by atoms with E-state index in [4.69, 9.17) is 5.73 Å².